The summed E-state index contributed by atoms with van der Waals surface area (Å²) in [4.78, 5) is 11.9. The summed E-state index contributed by atoms with van der Waals surface area (Å²) in [5.74, 6) is 1.89. The van der Waals surface area contributed by atoms with Crippen LogP contribution in [0.2, 0.25) is 5.02 Å². The van der Waals surface area contributed by atoms with Gasteiger partial charge in [0.15, 0.2) is 0 Å². The first-order chi connectivity index (χ1) is 10.2. The Labute approximate surface area is 128 Å². The van der Waals surface area contributed by atoms with Crippen LogP contribution in [0.1, 0.15) is 30.4 Å². The molecule has 0 saturated carbocycles. The van der Waals surface area contributed by atoms with Crippen molar-refractivity contribution >= 4 is 28.5 Å². The van der Waals surface area contributed by atoms with Gasteiger partial charge in [0, 0.05) is 29.0 Å². The lowest BCUT2D eigenvalue weighted by Crippen LogP contribution is -2.08. The van der Waals surface area contributed by atoms with E-state index in [2.05, 4.69) is 6.07 Å². The number of fused-ring (bicyclic) bond motifs is 4. The van der Waals surface area contributed by atoms with Crippen LogP contribution in [-0.4, -0.2) is 5.78 Å². The van der Waals surface area contributed by atoms with Gasteiger partial charge in [-0.05, 0) is 41.8 Å². The molecule has 0 atom stereocenters. The van der Waals surface area contributed by atoms with Gasteiger partial charge in [-0.15, -0.1) is 0 Å². The van der Waals surface area contributed by atoms with Crippen LogP contribution in [-0.2, 0) is 4.79 Å². The van der Waals surface area contributed by atoms with E-state index in [0.29, 0.717) is 17.9 Å². The fourth-order valence-corrected chi connectivity index (χ4v) is 3.29. The number of carbonyl (C=O) groups is 1. The van der Waals surface area contributed by atoms with E-state index < -0.39 is 0 Å². The van der Waals surface area contributed by atoms with Crippen molar-refractivity contribution in [2.24, 2.45) is 0 Å². The second kappa shape index (κ2) is 4.74. The maximum Gasteiger partial charge on any atom is 0.137 e. The Kier molecular flexibility index (Phi) is 2.86. The summed E-state index contributed by atoms with van der Waals surface area (Å²) in [6, 6.07) is 13.6. The zero-order valence-corrected chi connectivity index (χ0v) is 12.1. The zero-order valence-electron chi connectivity index (χ0n) is 11.4. The number of halogens is 1. The van der Waals surface area contributed by atoms with Crippen LogP contribution in [0.15, 0.2) is 42.5 Å². The normalized spacial score (nSPS) is 16.5. The lowest BCUT2D eigenvalue weighted by atomic mass is 9.83. The topological polar surface area (TPSA) is 26.3 Å². The fraction of sp³-hybridized carbons (Fsp3) is 0.167. The molecule has 0 amide bonds. The van der Waals surface area contributed by atoms with Gasteiger partial charge in [0.1, 0.15) is 17.3 Å². The highest BCUT2D eigenvalue weighted by molar-refractivity contribution is 6.31. The monoisotopic (exact) mass is 296 g/mol. The van der Waals surface area contributed by atoms with Crippen molar-refractivity contribution in [3.63, 3.8) is 0 Å². The molecule has 0 saturated heterocycles. The van der Waals surface area contributed by atoms with Crippen molar-refractivity contribution < 1.29 is 9.53 Å². The van der Waals surface area contributed by atoms with E-state index in [0.717, 1.165) is 34.6 Å². The van der Waals surface area contributed by atoms with Crippen LogP contribution in [0.4, 0.5) is 0 Å². The number of rotatable bonds is 0. The third-order valence-electron chi connectivity index (χ3n) is 4.09. The van der Waals surface area contributed by atoms with Crippen molar-refractivity contribution in [1.82, 2.24) is 0 Å². The van der Waals surface area contributed by atoms with Gasteiger partial charge in [-0.1, -0.05) is 29.8 Å². The Morgan fingerprint density at radius 2 is 1.71 bits per heavy atom. The van der Waals surface area contributed by atoms with Crippen LogP contribution < -0.4 is 4.74 Å². The molecule has 0 unspecified atom stereocenters. The van der Waals surface area contributed by atoms with E-state index in [1.54, 1.807) is 0 Å². The van der Waals surface area contributed by atoms with Crippen LogP contribution in [0.3, 0.4) is 0 Å². The maximum absolute atomic E-state index is 11.9. The van der Waals surface area contributed by atoms with Crippen molar-refractivity contribution in [2.75, 3.05) is 0 Å². The fourth-order valence-electron chi connectivity index (χ4n) is 3.11. The van der Waals surface area contributed by atoms with Crippen LogP contribution in [0.25, 0.3) is 11.1 Å². The lowest BCUT2D eigenvalue weighted by molar-refractivity contribution is -0.118. The molecular formula is C18H13ClO2. The average Bonchev–Trinajstić information content (AvgIpc) is 2.62. The molecule has 1 aliphatic carbocycles. The minimum atomic E-state index is 0.277. The highest BCUT2D eigenvalue weighted by atomic mass is 35.5. The quantitative estimate of drug-likeness (QED) is 0.675. The van der Waals surface area contributed by atoms with Gasteiger partial charge in [0.2, 0.25) is 0 Å². The van der Waals surface area contributed by atoms with E-state index in [-0.39, 0.29) is 5.78 Å². The smallest absolute Gasteiger partial charge is 0.137 e. The van der Waals surface area contributed by atoms with E-state index in [4.69, 9.17) is 16.3 Å². The van der Waals surface area contributed by atoms with Gasteiger partial charge >= 0.3 is 0 Å². The number of hydrogen-bond donors (Lipinski definition) is 0. The SMILES string of the molecule is O=C1CCC2=C(C1)c1cc(Cl)ccc1Oc1ccccc12. The van der Waals surface area contributed by atoms with E-state index in [1.165, 1.54) is 5.57 Å². The molecule has 0 spiro atoms. The molecule has 0 N–H and O–H groups in total. The van der Waals surface area contributed by atoms with Gasteiger partial charge in [-0.3, -0.25) is 4.79 Å². The minimum absolute atomic E-state index is 0.277. The first-order valence-electron chi connectivity index (χ1n) is 7.03. The summed E-state index contributed by atoms with van der Waals surface area (Å²) >= 11 is 6.15. The number of carbonyl (C=O) groups excluding carboxylic acids is 1. The van der Waals surface area contributed by atoms with E-state index in [9.17, 15) is 4.79 Å². The summed E-state index contributed by atoms with van der Waals surface area (Å²) < 4.78 is 6.07. The van der Waals surface area contributed by atoms with Gasteiger partial charge in [-0.25, -0.2) is 0 Å². The number of benzene rings is 2. The molecule has 4 rings (SSSR count). The van der Waals surface area contributed by atoms with E-state index in [1.807, 2.05) is 36.4 Å². The minimum Gasteiger partial charge on any atom is -0.456 e. The summed E-state index contributed by atoms with van der Waals surface area (Å²) in [6.45, 7) is 0. The largest absolute Gasteiger partial charge is 0.456 e. The first kappa shape index (κ1) is 12.7. The van der Waals surface area contributed by atoms with Gasteiger partial charge in [-0.2, -0.15) is 0 Å². The molecule has 2 aliphatic rings. The molecule has 0 radical (unpaired) electrons. The molecule has 2 aromatic carbocycles. The second-order valence-corrected chi connectivity index (χ2v) is 5.85. The molecule has 3 heteroatoms. The predicted octanol–water partition coefficient (Wildman–Crippen LogP) is 5.11. The molecule has 104 valence electrons. The molecule has 1 heterocycles. The van der Waals surface area contributed by atoms with Crippen molar-refractivity contribution in [3.05, 3.63) is 58.6 Å². The predicted molar refractivity (Wildman–Crippen MR) is 83.6 cm³/mol. The summed E-state index contributed by atoms with van der Waals surface area (Å²) in [7, 11) is 0. The molecule has 0 aromatic heterocycles. The second-order valence-electron chi connectivity index (χ2n) is 5.41. The summed E-state index contributed by atoms with van der Waals surface area (Å²) in [6.07, 6.45) is 1.82. The Morgan fingerprint density at radius 3 is 2.62 bits per heavy atom. The van der Waals surface area contributed by atoms with Gasteiger partial charge in [0.05, 0.1) is 0 Å². The molecule has 2 nitrogen and oxygen atoms in total. The highest BCUT2D eigenvalue weighted by Gasteiger charge is 2.27. The molecule has 0 fully saturated rings. The van der Waals surface area contributed by atoms with Crippen molar-refractivity contribution in [2.45, 2.75) is 19.3 Å². The average molecular weight is 297 g/mol. The number of hydrogen-bond acceptors (Lipinski definition) is 2. The summed E-state index contributed by atoms with van der Waals surface area (Å²) in [5.41, 5.74) is 4.31. The Hall–Kier alpha value is -2.06. The highest BCUT2D eigenvalue weighted by Crippen LogP contribution is 2.47. The zero-order chi connectivity index (χ0) is 14.4. The third-order valence-corrected chi connectivity index (χ3v) is 4.33. The molecule has 1 aliphatic heterocycles. The number of ether oxygens (including phenoxy) is 1. The van der Waals surface area contributed by atoms with Gasteiger partial charge in [0.25, 0.3) is 0 Å². The molecule has 2 aromatic rings. The molecule has 0 bridgehead atoms. The molecule has 21 heavy (non-hydrogen) atoms. The van der Waals surface area contributed by atoms with Crippen molar-refractivity contribution in [1.29, 1.82) is 0 Å². The lowest BCUT2D eigenvalue weighted by Gasteiger charge is -2.19. The summed E-state index contributed by atoms with van der Waals surface area (Å²) in [5, 5.41) is 0.660. The van der Waals surface area contributed by atoms with E-state index >= 15 is 0 Å². The standard InChI is InChI=1S/C18H13ClO2/c19-11-5-8-18-16(9-11)15-10-12(20)6-7-13(15)14-3-1-2-4-17(14)21-18/h1-5,8-9H,6-7,10H2. The van der Waals surface area contributed by atoms with Crippen LogP contribution >= 0.6 is 11.6 Å². The Bertz CT molecular complexity index is 790. The van der Waals surface area contributed by atoms with Crippen molar-refractivity contribution in [3.8, 4) is 11.5 Å². The number of ketones is 1. The number of Topliss-reactive ketones (excluding diaryl/α,β-unsaturated/α-hetero) is 1. The van der Waals surface area contributed by atoms with Crippen LogP contribution in [0.5, 0.6) is 11.5 Å². The maximum atomic E-state index is 11.9. The van der Waals surface area contributed by atoms with Gasteiger partial charge < -0.3 is 4.74 Å². The number of allylic oxidation sites excluding steroid dienone is 2. The Balaban J connectivity index is 2.04. The Morgan fingerprint density at radius 1 is 0.905 bits per heavy atom. The number of para-hydroxylation sites is 1. The molecular weight excluding hydrogens is 284 g/mol. The third kappa shape index (κ3) is 2.07. The van der Waals surface area contributed by atoms with Crippen LogP contribution in [0, 0.1) is 0 Å². The first-order valence-corrected chi connectivity index (χ1v) is 7.41.